The van der Waals surface area contributed by atoms with Gasteiger partial charge in [-0.1, -0.05) is 32.4 Å². The molecular formula is C12H17F2NO. The van der Waals surface area contributed by atoms with Gasteiger partial charge in [-0.15, -0.1) is 0 Å². The summed E-state index contributed by atoms with van der Waals surface area (Å²) in [5.41, 5.74) is 6.95. The lowest BCUT2D eigenvalue weighted by Crippen LogP contribution is -2.18. The van der Waals surface area contributed by atoms with Gasteiger partial charge in [-0.25, -0.2) is 0 Å². The molecule has 4 heteroatoms. The molecule has 0 heterocycles. The molecule has 0 spiro atoms. The normalized spacial score (nSPS) is 14.9. The van der Waals surface area contributed by atoms with Gasteiger partial charge in [0.05, 0.1) is 0 Å². The Labute approximate surface area is 94.4 Å². The first-order valence-electron chi connectivity index (χ1n) is 5.35. The highest BCUT2D eigenvalue weighted by molar-refractivity contribution is 5.29. The van der Waals surface area contributed by atoms with Gasteiger partial charge in [0.1, 0.15) is 5.75 Å². The first-order chi connectivity index (χ1) is 7.54. The molecule has 0 bridgehead atoms. The van der Waals surface area contributed by atoms with E-state index in [2.05, 4.69) is 18.6 Å². The second-order valence-electron chi connectivity index (χ2n) is 3.86. The van der Waals surface area contributed by atoms with E-state index >= 15 is 0 Å². The third-order valence-corrected chi connectivity index (χ3v) is 2.75. The highest BCUT2D eigenvalue weighted by Crippen LogP contribution is 2.24. The van der Waals surface area contributed by atoms with Crippen LogP contribution in [-0.4, -0.2) is 6.61 Å². The molecule has 0 fully saturated rings. The second kappa shape index (κ2) is 5.80. The van der Waals surface area contributed by atoms with Crippen LogP contribution in [0.2, 0.25) is 0 Å². The summed E-state index contributed by atoms with van der Waals surface area (Å²) >= 11 is 0. The van der Waals surface area contributed by atoms with Crippen LogP contribution >= 0.6 is 0 Å². The average molecular weight is 229 g/mol. The Kier molecular flexibility index (Phi) is 4.68. The van der Waals surface area contributed by atoms with Crippen molar-refractivity contribution in [3.8, 4) is 5.75 Å². The summed E-state index contributed by atoms with van der Waals surface area (Å²) in [4.78, 5) is 0. The van der Waals surface area contributed by atoms with Crippen LogP contribution in [0.4, 0.5) is 8.78 Å². The Hall–Kier alpha value is -1.16. The maximum absolute atomic E-state index is 11.9. The predicted octanol–water partition coefficient (Wildman–Crippen LogP) is 3.33. The average Bonchev–Trinajstić information content (AvgIpc) is 2.27. The van der Waals surface area contributed by atoms with Gasteiger partial charge in [0.25, 0.3) is 0 Å². The predicted molar refractivity (Wildman–Crippen MR) is 59.5 cm³/mol. The van der Waals surface area contributed by atoms with E-state index in [0.29, 0.717) is 5.92 Å². The number of rotatable bonds is 5. The molecule has 1 aromatic carbocycles. The van der Waals surface area contributed by atoms with E-state index in [9.17, 15) is 8.78 Å². The topological polar surface area (TPSA) is 35.2 Å². The summed E-state index contributed by atoms with van der Waals surface area (Å²) in [6, 6.07) is 6.43. The second-order valence-corrected chi connectivity index (χ2v) is 3.86. The Morgan fingerprint density at radius 1 is 1.25 bits per heavy atom. The lowest BCUT2D eigenvalue weighted by molar-refractivity contribution is -0.0498. The maximum Gasteiger partial charge on any atom is 0.387 e. The van der Waals surface area contributed by atoms with Gasteiger partial charge in [-0.2, -0.15) is 8.78 Å². The van der Waals surface area contributed by atoms with Crippen LogP contribution in [0, 0.1) is 5.92 Å². The molecule has 90 valence electrons. The first kappa shape index (κ1) is 12.9. The van der Waals surface area contributed by atoms with Crippen LogP contribution < -0.4 is 10.5 Å². The van der Waals surface area contributed by atoms with E-state index in [0.717, 1.165) is 12.0 Å². The number of alkyl halides is 2. The molecule has 0 saturated carbocycles. The Morgan fingerprint density at radius 2 is 1.81 bits per heavy atom. The Morgan fingerprint density at radius 3 is 2.25 bits per heavy atom. The third kappa shape index (κ3) is 3.45. The minimum Gasteiger partial charge on any atom is -0.435 e. The van der Waals surface area contributed by atoms with E-state index in [1.54, 1.807) is 12.1 Å². The van der Waals surface area contributed by atoms with Gasteiger partial charge in [0.2, 0.25) is 0 Å². The quantitative estimate of drug-likeness (QED) is 0.840. The molecule has 1 rings (SSSR count). The van der Waals surface area contributed by atoms with Crippen molar-refractivity contribution in [1.29, 1.82) is 0 Å². The fourth-order valence-corrected chi connectivity index (χ4v) is 1.45. The molecule has 0 saturated heterocycles. The number of hydrogen-bond donors (Lipinski definition) is 1. The zero-order valence-corrected chi connectivity index (χ0v) is 9.49. The highest BCUT2D eigenvalue weighted by Gasteiger charge is 2.13. The molecule has 0 aliphatic carbocycles. The summed E-state index contributed by atoms with van der Waals surface area (Å²) in [6.45, 7) is 1.35. The van der Waals surface area contributed by atoms with Crippen LogP contribution in [0.5, 0.6) is 5.75 Å². The molecule has 0 aliphatic rings. The van der Waals surface area contributed by atoms with Gasteiger partial charge in [-0.3, -0.25) is 0 Å². The Bertz CT molecular complexity index is 313. The van der Waals surface area contributed by atoms with Crippen molar-refractivity contribution in [2.24, 2.45) is 11.7 Å². The minimum absolute atomic E-state index is 0.0643. The largest absolute Gasteiger partial charge is 0.435 e. The van der Waals surface area contributed by atoms with Gasteiger partial charge in [0.15, 0.2) is 0 Å². The van der Waals surface area contributed by atoms with E-state index in [1.807, 2.05) is 0 Å². The van der Waals surface area contributed by atoms with Crippen molar-refractivity contribution in [3.05, 3.63) is 29.8 Å². The molecule has 1 unspecified atom stereocenters. The molecule has 0 aromatic heterocycles. The fraction of sp³-hybridized carbons (Fsp3) is 0.500. The van der Waals surface area contributed by atoms with Gasteiger partial charge in [0, 0.05) is 6.04 Å². The van der Waals surface area contributed by atoms with Crippen molar-refractivity contribution in [3.63, 3.8) is 0 Å². The number of hydrogen-bond acceptors (Lipinski definition) is 2. The van der Waals surface area contributed by atoms with E-state index in [1.165, 1.54) is 12.1 Å². The summed E-state index contributed by atoms with van der Waals surface area (Å²) in [5.74, 6) is 0.525. The number of benzene rings is 1. The summed E-state index contributed by atoms with van der Waals surface area (Å²) in [6.07, 6.45) is 0.983. The van der Waals surface area contributed by atoms with Crippen molar-refractivity contribution in [2.45, 2.75) is 32.9 Å². The molecule has 1 aromatic rings. The third-order valence-electron chi connectivity index (χ3n) is 2.75. The van der Waals surface area contributed by atoms with Crippen molar-refractivity contribution < 1.29 is 13.5 Å². The van der Waals surface area contributed by atoms with E-state index < -0.39 is 6.61 Å². The van der Waals surface area contributed by atoms with E-state index in [-0.39, 0.29) is 11.8 Å². The van der Waals surface area contributed by atoms with Crippen molar-refractivity contribution in [2.75, 3.05) is 0 Å². The van der Waals surface area contributed by atoms with Crippen LogP contribution in [0.1, 0.15) is 31.9 Å². The molecule has 0 amide bonds. The fourth-order valence-electron chi connectivity index (χ4n) is 1.45. The van der Waals surface area contributed by atoms with Crippen LogP contribution in [0.25, 0.3) is 0 Å². The van der Waals surface area contributed by atoms with E-state index in [4.69, 9.17) is 5.73 Å². The molecule has 2 N–H and O–H groups in total. The van der Waals surface area contributed by atoms with Crippen molar-refractivity contribution >= 4 is 0 Å². The number of halogens is 2. The first-order valence-corrected chi connectivity index (χ1v) is 5.35. The van der Waals surface area contributed by atoms with Crippen molar-refractivity contribution in [1.82, 2.24) is 0 Å². The molecular weight excluding hydrogens is 212 g/mol. The zero-order chi connectivity index (χ0) is 12.1. The SMILES string of the molecule is CCC(C)[C@H](N)c1ccc(OC(F)F)cc1. The summed E-state index contributed by atoms with van der Waals surface area (Å²) < 4.78 is 28.1. The molecule has 0 radical (unpaired) electrons. The van der Waals surface area contributed by atoms with Gasteiger partial charge >= 0.3 is 6.61 Å². The monoisotopic (exact) mass is 229 g/mol. The lowest BCUT2D eigenvalue weighted by Gasteiger charge is -2.18. The Balaban J connectivity index is 2.70. The van der Waals surface area contributed by atoms with Gasteiger partial charge < -0.3 is 10.5 Å². The smallest absolute Gasteiger partial charge is 0.387 e. The maximum atomic E-state index is 11.9. The van der Waals surface area contributed by atoms with Crippen LogP contribution in [0.15, 0.2) is 24.3 Å². The molecule has 0 aliphatic heterocycles. The number of nitrogens with two attached hydrogens (primary N) is 1. The van der Waals surface area contributed by atoms with Gasteiger partial charge in [-0.05, 0) is 23.6 Å². The molecule has 2 nitrogen and oxygen atoms in total. The highest BCUT2D eigenvalue weighted by atomic mass is 19.3. The summed E-state index contributed by atoms with van der Waals surface area (Å²) in [7, 11) is 0. The standard InChI is InChI=1S/C12H17F2NO/c1-3-8(2)11(15)9-4-6-10(7-5-9)16-12(13)14/h4-8,11-12H,3,15H2,1-2H3/t8?,11-/m0/s1. The number of ether oxygens (including phenoxy) is 1. The molecule has 2 atom stereocenters. The zero-order valence-electron chi connectivity index (χ0n) is 9.49. The minimum atomic E-state index is -2.78. The molecule has 16 heavy (non-hydrogen) atoms. The van der Waals surface area contributed by atoms with Crippen LogP contribution in [0.3, 0.4) is 0 Å². The summed E-state index contributed by atoms with van der Waals surface area (Å²) in [5, 5.41) is 0. The van der Waals surface area contributed by atoms with Crippen LogP contribution in [-0.2, 0) is 0 Å². The lowest BCUT2D eigenvalue weighted by atomic mass is 9.93.